The lowest BCUT2D eigenvalue weighted by Gasteiger charge is -1.95. The standard InChI is InChI=1S/C9H14S/c1-3-5-9-8(4-2)6-7-10-9/h3,5H,4,6-7H2,1-2H3/b5-3-. The highest BCUT2D eigenvalue weighted by Crippen LogP contribution is 2.33. The largest absolute Gasteiger partial charge is 0.126 e. The van der Waals surface area contributed by atoms with E-state index in [1.165, 1.54) is 23.5 Å². The van der Waals surface area contributed by atoms with Crippen molar-refractivity contribution in [2.45, 2.75) is 26.7 Å². The van der Waals surface area contributed by atoms with E-state index in [-0.39, 0.29) is 0 Å². The fourth-order valence-corrected chi connectivity index (χ4v) is 2.43. The van der Waals surface area contributed by atoms with Crippen molar-refractivity contribution in [3.05, 3.63) is 22.6 Å². The minimum atomic E-state index is 1.23. The van der Waals surface area contributed by atoms with Gasteiger partial charge in [0.2, 0.25) is 0 Å². The Morgan fingerprint density at radius 3 is 3.00 bits per heavy atom. The average Bonchev–Trinajstić information content (AvgIpc) is 2.36. The highest BCUT2D eigenvalue weighted by Gasteiger charge is 2.09. The molecule has 0 saturated carbocycles. The van der Waals surface area contributed by atoms with Crippen molar-refractivity contribution < 1.29 is 0 Å². The first-order valence-corrected chi connectivity index (χ1v) is 4.84. The molecule has 0 N–H and O–H groups in total. The van der Waals surface area contributed by atoms with Crippen LogP contribution in [0.4, 0.5) is 0 Å². The number of allylic oxidation sites excluding steroid dienone is 3. The molecule has 10 heavy (non-hydrogen) atoms. The van der Waals surface area contributed by atoms with E-state index in [4.69, 9.17) is 0 Å². The molecule has 0 aliphatic carbocycles. The van der Waals surface area contributed by atoms with Gasteiger partial charge in [0.15, 0.2) is 0 Å². The molecule has 1 aliphatic rings. The Hall–Kier alpha value is -0.170. The smallest absolute Gasteiger partial charge is 0.00609 e. The van der Waals surface area contributed by atoms with Crippen LogP contribution in [0.1, 0.15) is 26.7 Å². The second-order valence-electron chi connectivity index (χ2n) is 2.42. The van der Waals surface area contributed by atoms with Crippen LogP contribution in [0, 0.1) is 0 Å². The van der Waals surface area contributed by atoms with Crippen molar-refractivity contribution in [1.82, 2.24) is 0 Å². The molecule has 56 valence electrons. The van der Waals surface area contributed by atoms with Crippen molar-refractivity contribution >= 4 is 11.8 Å². The summed E-state index contributed by atoms with van der Waals surface area (Å²) in [6.45, 7) is 4.32. The number of rotatable bonds is 2. The summed E-state index contributed by atoms with van der Waals surface area (Å²) in [7, 11) is 0. The van der Waals surface area contributed by atoms with E-state index in [1.54, 1.807) is 5.57 Å². The van der Waals surface area contributed by atoms with Crippen LogP contribution in [0.3, 0.4) is 0 Å². The van der Waals surface area contributed by atoms with E-state index in [2.05, 4.69) is 26.0 Å². The molecule has 0 spiro atoms. The highest BCUT2D eigenvalue weighted by atomic mass is 32.2. The van der Waals surface area contributed by atoms with Crippen molar-refractivity contribution in [3.8, 4) is 0 Å². The first kappa shape index (κ1) is 7.93. The van der Waals surface area contributed by atoms with E-state index < -0.39 is 0 Å². The van der Waals surface area contributed by atoms with Crippen LogP contribution in [-0.2, 0) is 0 Å². The van der Waals surface area contributed by atoms with Crippen LogP contribution in [0.25, 0.3) is 0 Å². The normalized spacial score (nSPS) is 19.4. The molecule has 0 nitrogen and oxygen atoms in total. The van der Waals surface area contributed by atoms with Gasteiger partial charge in [0, 0.05) is 10.7 Å². The molecule has 0 saturated heterocycles. The molecule has 0 fully saturated rings. The molecule has 0 aromatic carbocycles. The van der Waals surface area contributed by atoms with Gasteiger partial charge in [-0.15, -0.1) is 11.8 Å². The molecule has 0 amide bonds. The minimum Gasteiger partial charge on any atom is -0.126 e. The quantitative estimate of drug-likeness (QED) is 0.587. The Labute approximate surface area is 67.4 Å². The summed E-state index contributed by atoms with van der Waals surface area (Å²) < 4.78 is 0. The first-order valence-electron chi connectivity index (χ1n) is 3.86. The molecule has 0 aromatic heterocycles. The molecule has 0 unspecified atom stereocenters. The van der Waals surface area contributed by atoms with Gasteiger partial charge in [0.25, 0.3) is 0 Å². The number of hydrogen-bond donors (Lipinski definition) is 0. The molecule has 0 radical (unpaired) electrons. The second kappa shape index (κ2) is 3.87. The fraction of sp³-hybridized carbons (Fsp3) is 0.556. The molecular formula is C9H14S. The Kier molecular flexibility index (Phi) is 3.07. The molecule has 1 heteroatoms. The van der Waals surface area contributed by atoms with Gasteiger partial charge in [-0.1, -0.05) is 24.6 Å². The molecule has 0 aromatic rings. The molecule has 1 heterocycles. The highest BCUT2D eigenvalue weighted by molar-refractivity contribution is 8.03. The van der Waals surface area contributed by atoms with Gasteiger partial charge in [-0.05, 0) is 19.8 Å². The van der Waals surface area contributed by atoms with Gasteiger partial charge in [-0.3, -0.25) is 0 Å². The van der Waals surface area contributed by atoms with Crippen LogP contribution in [-0.4, -0.2) is 5.75 Å². The predicted octanol–water partition coefficient (Wildman–Crippen LogP) is 3.36. The zero-order valence-corrected chi connectivity index (χ0v) is 7.50. The molecule has 0 atom stereocenters. The van der Waals surface area contributed by atoms with Gasteiger partial charge in [0.05, 0.1) is 0 Å². The summed E-state index contributed by atoms with van der Waals surface area (Å²) >= 11 is 1.99. The Morgan fingerprint density at radius 1 is 1.60 bits per heavy atom. The third kappa shape index (κ3) is 1.66. The summed E-state index contributed by atoms with van der Waals surface area (Å²) in [6, 6.07) is 0. The molecule has 1 aliphatic heterocycles. The lowest BCUT2D eigenvalue weighted by atomic mass is 10.1. The van der Waals surface area contributed by atoms with E-state index in [0.717, 1.165) is 0 Å². The topological polar surface area (TPSA) is 0 Å². The van der Waals surface area contributed by atoms with Gasteiger partial charge in [-0.25, -0.2) is 0 Å². The lowest BCUT2D eigenvalue weighted by molar-refractivity contribution is 0.999. The van der Waals surface area contributed by atoms with Crippen molar-refractivity contribution in [2.75, 3.05) is 5.75 Å². The van der Waals surface area contributed by atoms with Gasteiger partial charge in [-0.2, -0.15) is 0 Å². The maximum atomic E-state index is 2.24. The lowest BCUT2D eigenvalue weighted by Crippen LogP contribution is -1.76. The van der Waals surface area contributed by atoms with Crippen molar-refractivity contribution in [2.24, 2.45) is 0 Å². The van der Waals surface area contributed by atoms with E-state index in [9.17, 15) is 0 Å². The van der Waals surface area contributed by atoms with E-state index >= 15 is 0 Å². The van der Waals surface area contributed by atoms with Crippen molar-refractivity contribution in [1.29, 1.82) is 0 Å². The maximum Gasteiger partial charge on any atom is 0.00609 e. The van der Waals surface area contributed by atoms with E-state index in [1.807, 2.05) is 11.8 Å². The Balaban J connectivity index is 2.68. The second-order valence-corrected chi connectivity index (χ2v) is 3.56. The average molecular weight is 154 g/mol. The van der Waals surface area contributed by atoms with Crippen LogP contribution in [0.15, 0.2) is 22.6 Å². The summed E-state index contributed by atoms with van der Waals surface area (Å²) in [5.41, 5.74) is 1.64. The van der Waals surface area contributed by atoms with Crippen molar-refractivity contribution in [3.63, 3.8) is 0 Å². The van der Waals surface area contributed by atoms with Crippen LogP contribution in [0.5, 0.6) is 0 Å². The zero-order chi connectivity index (χ0) is 7.40. The fourth-order valence-electron chi connectivity index (χ4n) is 1.18. The Bertz CT molecular complexity index is 166. The monoisotopic (exact) mass is 154 g/mol. The third-order valence-corrected chi connectivity index (χ3v) is 2.90. The summed E-state index contributed by atoms with van der Waals surface area (Å²) in [5, 5.41) is 0. The maximum absolute atomic E-state index is 2.24. The summed E-state index contributed by atoms with van der Waals surface area (Å²) in [4.78, 5) is 1.52. The predicted molar refractivity (Wildman–Crippen MR) is 49.2 cm³/mol. The molecular weight excluding hydrogens is 140 g/mol. The van der Waals surface area contributed by atoms with Crippen LogP contribution in [0.2, 0.25) is 0 Å². The van der Waals surface area contributed by atoms with Gasteiger partial charge < -0.3 is 0 Å². The van der Waals surface area contributed by atoms with Crippen LogP contribution >= 0.6 is 11.8 Å². The minimum absolute atomic E-state index is 1.23. The molecule has 1 rings (SSSR count). The summed E-state index contributed by atoms with van der Waals surface area (Å²) in [5.74, 6) is 1.29. The van der Waals surface area contributed by atoms with E-state index in [0.29, 0.717) is 0 Å². The number of hydrogen-bond acceptors (Lipinski definition) is 1. The SMILES string of the molecule is C/C=C\C1=C(CC)CCS1. The van der Waals surface area contributed by atoms with Crippen LogP contribution < -0.4 is 0 Å². The van der Waals surface area contributed by atoms with Gasteiger partial charge in [0.1, 0.15) is 0 Å². The van der Waals surface area contributed by atoms with Gasteiger partial charge >= 0.3 is 0 Å². The first-order chi connectivity index (χ1) is 4.88. The number of thioether (sulfide) groups is 1. The Morgan fingerprint density at radius 2 is 2.40 bits per heavy atom. The molecule has 0 bridgehead atoms. The third-order valence-electron chi connectivity index (χ3n) is 1.75. The summed E-state index contributed by atoms with van der Waals surface area (Å²) in [6.07, 6.45) is 6.90. The zero-order valence-electron chi connectivity index (χ0n) is 6.68.